The summed E-state index contributed by atoms with van der Waals surface area (Å²) in [6, 6.07) is 6.21. The SMILES string of the molecule is CCCCC(CC)C(I)c1ccccn1. The van der Waals surface area contributed by atoms with Gasteiger partial charge in [-0.15, -0.1) is 0 Å². The van der Waals surface area contributed by atoms with E-state index in [1.165, 1.54) is 31.4 Å². The maximum Gasteiger partial charge on any atom is 0.0560 e. The number of rotatable bonds is 6. The minimum atomic E-state index is 0.570. The third-order valence-corrected chi connectivity index (χ3v) is 4.49. The zero-order valence-corrected chi connectivity index (χ0v) is 11.8. The zero-order valence-electron chi connectivity index (χ0n) is 9.62. The third kappa shape index (κ3) is 4.09. The molecular formula is C13H20IN. The molecular weight excluding hydrogens is 297 g/mol. The standard InChI is InChI=1S/C13H20IN/c1-3-5-8-11(4-2)13(14)12-9-6-7-10-15-12/h6-7,9-11,13H,3-5,8H2,1-2H3. The van der Waals surface area contributed by atoms with Crippen molar-refractivity contribution >= 4 is 22.6 Å². The summed E-state index contributed by atoms with van der Waals surface area (Å²) in [6.45, 7) is 4.55. The van der Waals surface area contributed by atoms with E-state index < -0.39 is 0 Å². The average molecular weight is 317 g/mol. The van der Waals surface area contributed by atoms with Gasteiger partial charge < -0.3 is 0 Å². The van der Waals surface area contributed by atoms with Gasteiger partial charge in [-0.25, -0.2) is 0 Å². The Labute approximate surface area is 107 Å². The van der Waals surface area contributed by atoms with Crippen LogP contribution >= 0.6 is 22.6 Å². The van der Waals surface area contributed by atoms with Gasteiger partial charge in [0.05, 0.1) is 9.62 Å². The van der Waals surface area contributed by atoms with Crippen molar-refractivity contribution in [3.05, 3.63) is 30.1 Å². The molecule has 0 N–H and O–H groups in total. The number of halogens is 1. The third-order valence-electron chi connectivity index (χ3n) is 2.84. The smallest absolute Gasteiger partial charge is 0.0560 e. The molecule has 1 aromatic heterocycles. The maximum atomic E-state index is 4.45. The van der Waals surface area contributed by atoms with Crippen LogP contribution < -0.4 is 0 Å². The molecule has 84 valence electrons. The van der Waals surface area contributed by atoms with Gasteiger partial charge in [0.25, 0.3) is 0 Å². The van der Waals surface area contributed by atoms with Crippen molar-refractivity contribution in [2.75, 3.05) is 0 Å². The van der Waals surface area contributed by atoms with E-state index in [-0.39, 0.29) is 0 Å². The van der Waals surface area contributed by atoms with Crippen LogP contribution in [0.2, 0.25) is 0 Å². The average Bonchev–Trinajstić information content (AvgIpc) is 2.31. The van der Waals surface area contributed by atoms with Crippen molar-refractivity contribution in [1.29, 1.82) is 0 Å². The van der Waals surface area contributed by atoms with Gasteiger partial charge in [0.1, 0.15) is 0 Å². The molecule has 0 fully saturated rings. The largest absolute Gasteiger partial charge is 0.260 e. The lowest BCUT2D eigenvalue weighted by atomic mass is 9.94. The summed E-state index contributed by atoms with van der Waals surface area (Å²) in [5, 5.41) is 0. The second kappa shape index (κ2) is 7.20. The fourth-order valence-electron chi connectivity index (χ4n) is 1.80. The van der Waals surface area contributed by atoms with E-state index in [9.17, 15) is 0 Å². The topological polar surface area (TPSA) is 12.9 Å². The normalized spacial score (nSPS) is 14.9. The van der Waals surface area contributed by atoms with Gasteiger partial charge in [0.2, 0.25) is 0 Å². The van der Waals surface area contributed by atoms with Crippen LogP contribution in [0.25, 0.3) is 0 Å². The van der Waals surface area contributed by atoms with Crippen LogP contribution in [-0.2, 0) is 0 Å². The highest BCUT2D eigenvalue weighted by atomic mass is 127. The second-order valence-corrected chi connectivity index (χ2v) is 5.31. The van der Waals surface area contributed by atoms with Crippen molar-refractivity contribution in [3.8, 4) is 0 Å². The maximum absolute atomic E-state index is 4.45. The van der Waals surface area contributed by atoms with Crippen LogP contribution in [0.3, 0.4) is 0 Å². The molecule has 0 saturated carbocycles. The molecule has 1 nitrogen and oxygen atoms in total. The predicted octanol–water partition coefficient (Wildman–Crippen LogP) is 4.77. The molecule has 0 bridgehead atoms. The van der Waals surface area contributed by atoms with Crippen molar-refractivity contribution in [1.82, 2.24) is 4.98 Å². The van der Waals surface area contributed by atoms with E-state index in [0.29, 0.717) is 3.92 Å². The van der Waals surface area contributed by atoms with E-state index in [2.05, 4.69) is 53.6 Å². The first kappa shape index (κ1) is 12.9. The summed E-state index contributed by atoms with van der Waals surface area (Å²) in [4.78, 5) is 4.45. The van der Waals surface area contributed by atoms with Crippen LogP contribution in [0.4, 0.5) is 0 Å². The Morgan fingerprint density at radius 2 is 2.13 bits per heavy atom. The molecule has 0 aromatic carbocycles. The fourth-order valence-corrected chi connectivity index (χ4v) is 3.04. The van der Waals surface area contributed by atoms with E-state index in [1.54, 1.807) is 0 Å². The number of hydrogen-bond acceptors (Lipinski definition) is 1. The van der Waals surface area contributed by atoms with Crippen LogP contribution in [0, 0.1) is 5.92 Å². The predicted molar refractivity (Wildman–Crippen MR) is 74.3 cm³/mol. The highest BCUT2D eigenvalue weighted by molar-refractivity contribution is 14.1. The van der Waals surface area contributed by atoms with Crippen LogP contribution in [0.1, 0.15) is 49.1 Å². The Bertz CT molecular complexity index is 260. The first-order valence-electron chi connectivity index (χ1n) is 5.84. The van der Waals surface area contributed by atoms with E-state index in [4.69, 9.17) is 0 Å². The molecule has 0 aliphatic rings. The van der Waals surface area contributed by atoms with E-state index in [1.807, 2.05) is 12.3 Å². The summed E-state index contributed by atoms with van der Waals surface area (Å²) in [6.07, 6.45) is 7.11. The van der Waals surface area contributed by atoms with Gasteiger partial charge in [0.15, 0.2) is 0 Å². The molecule has 2 unspecified atom stereocenters. The zero-order chi connectivity index (χ0) is 11.1. The first-order valence-corrected chi connectivity index (χ1v) is 7.09. The molecule has 1 heterocycles. The van der Waals surface area contributed by atoms with Gasteiger partial charge in [-0.3, -0.25) is 4.98 Å². The van der Waals surface area contributed by atoms with Crippen LogP contribution in [0.5, 0.6) is 0 Å². The first-order chi connectivity index (χ1) is 7.29. The van der Waals surface area contributed by atoms with E-state index in [0.717, 1.165) is 5.92 Å². The Hall–Kier alpha value is -0.120. The summed E-state index contributed by atoms with van der Waals surface area (Å²) >= 11 is 2.55. The number of nitrogens with zero attached hydrogens (tertiary/aromatic N) is 1. The number of alkyl halides is 1. The Kier molecular flexibility index (Phi) is 6.22. The van der Waals surface area contributed by atoms with Gasteiger partial charge in [-0.1, -0.05) is 61.8 Å². The lowest BCUT2D eigenvalue weighted by Gasteiger charge is -2.20. The molecule has 2 atom stereocenters. The molecule has 1 rings (SSSR count). The number of aromatic nitrogens is 1. The molecule has 15 heavy (non-hydrogen) atoms. The van der Waals surface area contributed by atoms with Crippen molar-refractivity contribution in [2.24, 2.45) is 5.92 Å². The molecule has 0 aliphatic heterocycles. The molecule has 2 heteroatoms. The van der Waals surface area contributed by atoms with Gasteiger partial charge >= 0.3 is 0 Å². The van der Waals surface area contributed by atoms with Crippen LogP contribution in [-0.4, -0.2) is 4.98 Å². The minimum Gasteiger partial charge on any atom is -0.260 e. The summed E-state index contributed by atoms with van der Waals surface area (Å²) in [7, 11) is 0. The Morgan fingerprint density at radius 3 is 2.67 bits per heavy atom. The van der Waals surface area contributed by atoms with Gasteiger partial charge in [-0.05, 0) is 24.5 Å². The molecule has 0 amide bonds. The quantitative estimate of drug-likeness (QED) is 0.544. The highest BCUT2D eigenvalue weighted by Crippen LogP contribution is 2.35. The Balaban J connectivity index is 2.60. The fraction of sp³-hybridized carbons (Fsp3) is 0.615. The second-order valence-electron chi connectivity index (χ2n) is 3.97. The molecule has 0 saturated heterocycles. The van der Waals surface area contributed by atoms with E-state index >= 15 is 0 Å². The van der Waals surface area contributed by atoms with Gasteiger partial charge in [0, 0.05) is 6.20 Å². The van der Waals surface area contributed by atoms with Crippen molar-refractivity contribution < 1.29 is 0 Å². The molecule has 0 radical (unpaired) electrons. The van der Waals surface area contributed by atoms with Crippen molar-refractivity contribution in [2.45, 2.75) is 43.5 Å². The molecule has 0 aliphatic carbocycles. The molecule has 0 spiro atoms. The summed E-state index contributed by atoms with van der Waals surface area (Å²) in [5.74, 6) is 0.778. The summed E-state index contributed by atoms with van der Waals surface area (Å²) in [5.41, 5.74) is 1.24. The van der Waals surface area contributed by atoms with Gasteiger partial charge in [-0.2, -0.15) is 0 Å². The van der Waals surface area contributed by atoms with Crippen molar-refractivity contribution in [3.63, 3.8) is 0 Å². The summed E-state index contributed by atoms with van der Waals surface area (Å²) < 4.78 is 0.570. The number of hydrogen-bond donors (Lipinski definition) is 0. The highest BCUT2D eigenvalue weighted by Gasteiger charge is 2.18. The number of pyridine rings is 1. The lowest BCUT2D eigenvalue weighted by Crippen LogP contribution is -2.08. The lowest BCUT2D eigenvalue weighted by molar-refractivity contribution is 0.447. The minimum absolute atomic E-state index is 0.570. The Morgan fingerprint density at radius 1 is 1.33 bits per heavy atom. The monoisotopic (exact) mass is 317 g/mol. The molecule has 1 aromatic rings. The van der Waals surface area contributed by atoms with Crippen LogP contribution in [0.15, 0.2) is 24.4 Å². The number of unbranched alkanes of at least 4 members (excludes halogenated alkanes) is 1.